The van der Waals surface area contributed by atoms with E-state index in [4.69, 9.17) is 10.00 Å². The van der Waals surface area contributed by atoms with E-state index in [0.717, 1.165) is 43.4 Å². The Kier molecular flexibility index (Phi) is 6.21. The third-order valence-electron chi connectivity index (χ3n) is 6.69. The van der Waals surface area contributed by atoms with E-state index in [2.05, 4.69) is 61.2 Å². The lowest BCUT2D eigenvalue weighted by atomic mass is 9.76. The van der Waals surface area contributed by atoms with E-state index in [9.17, 15) is 4.79 Å². The lowest BCUT2D eigenvalue weighted by Crippen LogP contribution is -2.28. The molecule has 32 heavy (non-hydrogen) atoms. The van der Waals surface area contributed by atoms with Gasteiger partial charge in [-0.2, -0.15) is 5.26 Å². The number of aromatic amines is 1. The van der Waals surface area contributed by atoms with Crippen molar-refractivity contribution < 1.29 is 9.53 Å². The molecule has 1 aliphatic heterocycles. The number of aromatic nitrogens is 2. The maximum absolute atomic E-state index is 12.8. The molecule has 168 valence electrons. The van der Waals surface area contributed by atoms with Crippen molar-refractivity contribution in [1.82, 2.24) is 9.97 Å². The van der Waals surface area contributed by atoms with Gasteiger partial charge in [0, 0.05) is 11.3 Å². The van der Waals surface area contributed by atoms with Crippen LogP contribution in [0.15, 0.2) is 30.5 Å². The summed E-state index contributed by atoms with van der Waals surface area (Å²) >= 11 is 0. The molecule has 2 aliphatic rings. The highest BCUT2D eigenvalue weighted by Crippen LogP contribution is 2.42. The number of nitrogens with one attached hydrogen (secondary N) is 2. The van der Waals surface area contributed by atoms with Gasteiger partial charge in [-0.05, 0) is 80.6 Å². The Morgan fingerprint density at radius 3 is 2.66 bits per heavy atom. The zero-order valence-electron chi connectivity index (χ0n) is 19.4. The van der Waals surface area contributed by atoms with Crippen LogP contribution in [0.5, 0.6) is 0 Å². The Morgan fingerprint density at radius 2 is 2.03 bits per heavy atom. The average molecular weight is 433 g/mol. The number of anilines is 1. The Hall–Kier alpha value is -2.91. The zero-order chi connectivity index (χ0) is 22.9. The van der Waals surface area contributed by atoms with Crippen molar-refractivity contribution in [3.8, 4) is 6.07 Å². The number of nitriles is 1. The molecule has 1 aliphatic carbocycles. The molecule has 1 saturated heterocycles. The topological polar surface area (TPSA) is 90.8 Å². The van der Waals surface area contributed by atoms with Gasteiger partial charge < -0.3 is 15.0 Å². The number of imidazole rings is 1. The van der Waals surface area contributed by atoms with Crippen LogP contribution in [0.3, 0.4) is 0 Å². The van der Waals surface area contributed by atoms with Gasteiger partial charge in [0.15, 0.2) is 5.82 Å². The first-order valence-electron chi connectivity index (χ1n) is 11.5. The van der Waals surface area contributed by atoms with Crippen molar-refractivity contribution in [3.63, 3.8) is 0 Å². The maximum Gasteiger partial charge on any atom is 0.291 e. The van der Waals surface area contributed by atoms with Crippen LogP contribution in [0.25, 0.3) is 5.57 Å². The van der Waals surface area contributed by atoms with E-state index in [0.29, 0.717) is 11.3 Å². The number of amides is 1. The molecule has 1 aromatic heterocycles. The van der Waals surface area contributed by atoms with Gasteiger partial charge in [-0.3, -0.25) is 4.79 Å². The highest BCUT2D eigenvalue weighted by molar-refractivity contribution is 6.03. The Balaban J connectivity index is 1.66. The summed E-state index contributed by atoms with van der Waals surface area (Å²) in [4.78, 5) is 19.6. The van der Waals surface area contributed by atoms with Crippen LogP contribution in [0.1, 0.15) is 93.2 Å². The molecule has 3 atom stereocenters. The molecule has 0 bridgehead atoms. The van der Waals surface area contributed by atoms with Crippen LogP contribution in [0.2, 0.25) is 0 Å². The van der Waals surface area contributed by atoms with Gasteiger partial charge in [0.1, 0.15) is 11.8 Å². The minimum Gasteiger partial charge on any atom is -0.376 e. The standard InChI is InChI=1S/C26H32N4O2/c1-16-11-20(12-17(2)32-16)19-5-6-23(30-25(31)24-28-15-21(14-27)29-24)22(13-19)18-7-9-26(3,4)10-8-18/h5-7,13,15-17,20H,8-12H2,1-4H3,(H,28,29)(H,30,31)/t16-,17+,20?. The average Bonchev–Trinajstić information content (AvgIpc) is 3.23. The number of rotatable bonds is 4. The summed E-state index contributed by atoms with van der Waals surface area (Å²) < 4.78 is 5.94. The number of nitrogens with zero attached hydrogens (tertiary/aromatic N) is 2. The second kappa shape index (κ2) is 8.91. The van der Waals surface area contributed by atoms with Gasteiger partial charge in [0.2, 0.25) is 0 Å². The van der Waals surface area contributed by atoms with Gasteiger partial charge in [0.25, 0.3) is 5.91 Å². The van der Waals surface area contributed by atoms with Gasteiger partial charge >= 0.3 is 0 Å². The van der Waals surface area contributed by atoms with E-state index in [-0.39, 0.29) is 29.6 Å². The summed E-state index contributed by atoms with van der Waals surface area (Å²) in [6, 6.07) is 8.38. The Labute approximate surface area is 190 Å². The lowest BCUT2D eigenvalue weighted by Gasteiger charge is -2.33. The largest absolute Gasteiger partial charge is 0.376 e. The molecule has 1 unspecified atom stereocenters. The van der Waals surface area contributed by atoms with E-state index >= 15 is 0 Å². The van der Waals surface area contributed by atoms with Crippen molar-refractivity contribution in [3.05, 3.63) is 53.1 Å². The smallest absolute Gasteiger partial charge is 0.291 e. The van der Waals surface area contributed by atoms with Crippen LogP contribution in [0, 0.1) is 16.7 Å². The Bertz CT molecular complexity index is 1070. The monoisotopic (exact) mass is 432 g/mol. The fourth-order valence-electron chi connectivity index (χ4n) is 4.86. The minimum absolute atomic E-state index is 0.141. The highest BCUT2D eigenvalue weighted by Gasteiger charge is 2.28. The fraction of sp³-hybridized carbons (Fsp3) is 0.500. The number of carbonyl (C=O) groups is 1. The minimum atomic E-state index is -0.342. The SMILES string of the molecule is C[C@@H]1CC(c2ccc(NC(=O)c3ncc(C#N)[nH]3)c(C3=CCC(C)(C)CC3)c2)C[C@H](C)O1. The van der Waals surface area contributed by atoms with E-state index < -0.39 is 0 Å². The third kappa shape index (κ3) is 4.94. The molecule has 2 heterocycles. The predicted molar refractivity (Wildman–Crippen MR) is 125 cm³/mol. The first kappa shape index (κ1) is 22.3. The normalized spacial score (nSPS) is 25.0. The summed E-state index contributed by atoms with van der Waals surface area (Å²) in [5.74, 6) is 0.245. The van der Waals surface area contributed by atoms with E-state index in [1.54, 1.807) is 0 Å². The number of benzene rings is 1. The highest BCUT2D eigenvalue weighted by atomic mass is 16.5. The molecule has 2 aromatic rings. The summed E-state index contributed by atoms with van der Waals surface area (Å²) in [6.45, 7) is 8.88. The zero-order valence-corrected chi connectivity index (χ0v) is 19.4. The van der Waals surface area contributed by atoms with E-state index in [1.807, 2.05) is 12.1 Å². The molecule has 4 rings (SSSR count). The molecule has 2 N–H and O–H groups in total. The van der Waals surface area contributed by atoms with Crippen molar-refractivity contribution in [2.24, 2.45) is 5.41 Å². The molecule has 0 spiro atoms. The van der Waals surface area contributed by atoms with Gasteiger partial charge in [-0.1, -0.05) is 26.0 Å². The molecular weight excluding hydrogens is 400 g/mol. The second-order valence-corrected chi connectivity index (χ2v) is 10.0. The molecule has 0 saturated carbocycles. The molecule has 0 radical (unpaired) electrons. The summed E-state index contributed by atoms with van der Waals surface area (Å²) in [5, 5.41) is 12.0. The van der Waals surface area contributed by atoms with Gasteiger partial charge in [0.05, 0.1) is 18.4 Å². The quantitative estimate of drug-likeness (QED) is 0.639. The number of allylic oxidation sites excluding steroid dienone is 2. The fourth-order valence-corrected chi connectivity index (χ4v) is 4.86. The predicted octanol–water partition coefficient (Wildman–Crippen LogP) is 5.80. The molecule has 1 amide bonds. The Morgan fingerprint density at radius 1 is 1.28 bits per heavy atom. The van der Waals surface area contributed by atoms with Crippen LogP contribution in [0.4, 0.5) is 5.69 Å². The lowest BCUT2D eigenvalue weighted by molar-refractivity contribution is -0.0380. The van der Waals surface area contributed by atoms with Crippen molar-refractivity contribution in [1.29, 1.82) is 5.26 Å². The second-order valence-electron chi connectivity index (χ2n) is 10.0. The van der Waals surface area contributed by atoms with Crippen LogP contribution >= 0.6 is 0 Å². The number of H-pyrrole nitrogens is 1. The van der Waals surface area contributed by atoms with Crippen molar-refractivity contribution >= 4 is 17.2 Å². The van der Waals surface area contributed by atoms with Crippen LogP contribution in [-0.2, 0) is 4.74 Å². The molecule has 6 heteroatoms. The van der Waals surface area contributed by atoms with Crippen molar-refractivity contribution in [2.75, 3.05) is 5.32 Å². The van der Waals surface area contributed by atoms with E-state index in [1.165, 1.54) is 17.3 Å². The first-order valence-corrected chi connectivity index (χ1v) is 11.5. The molecule has 6 nitrogen and oxygen atoms in total. The summed E-state index contributed by atoms with van der Waals surface area (Å²) in [5.41, 5.74) is 5.03. The molecule has 1 fully saturated rings. The first-order chi connectivity index (χ1) is 15.2. The van der Waals surface area contributed by atoms with Gasteiger partial charge in [-0.15, -0.1) is 0 Å². The number of ether oxygens (including phenoxy) is 1. The number of carbonyl (C=O) groups excluding carboxylic acids is 1. The van der Waals surface area contributed by atoms with Gasteiger partial charge in [-0.25, -0.2) is 4.98 Å². The van der Waals surface area contributed by atoms with Crippen LogP contribution < -0.4 is 5.32 Å². The molecular formula is C26H32N4O2. The number of hydrogen-bond acceptors (Lipinski definition) is 4. The number of hydrogen-bond donors (Lipinski definition) is 2. The summed E-state index contributed by atoms with van der Waals surface area (Å²) in [6.07, 6.45) is 9.33. The maximum atomic E-state index is 12.8. The third-order valence-corrected chi connectivity index (χ3v) is 6.69. The van der Waals surface area contributed by atoms with Crippen molar-refractivity contribution in [2.45, 2.75) is 77.9 Å². The van der Waals surface area contributed by atoms with Crippen LogP contribution in [-0.4, -0.2) is 28.1 Å². The molecule has 1 aromatic carbocycles. The summed E-state index contributed by atoms with van der Waals surface area (Å²) in [7, 11) is 0.